The highest BCUT2D eigenvalue weighted by Crippen LogP contribution is 2.25. The van der Waals surface area contributed by atoms with E-state index in [0.29, 0.717) is 0 Å². The second-order valence-electron chi connectivity index (χ2n) is 4.30. The number of sulfone groups is 1. The van der Waals surface area contributed by atoms with E-state index in [9.17, 15) is 18.0 Å². The molecular weight excluding hydrogens is 316 g/mol. The van der Waals surface area contributed by atoms with Gasteiger partial charge < -0.3 is 10.3 Å². The Labute approximate surface area is 125 Å². The molecule has 0 spiro atoms. The van der Waals surface area contributed by atoms with Crippen LogP contribution in [-0.4, -0.2) is 25.6 Å². The molecule has 0 saturated heterocycles. The summed E-state index contributed by atoms with van der Waals surface area (Å²) in [5.41, 5.74) is -0.226. The second-order valence-corrected chi connectivity index (χ2v) is 6.72. The van der Waals surface area contributed by atoms with Gasteiger partial charge in [0.2, 0.25) is 5.56 Å². The Bertz CT molecular complexity index is 858. The van der Waals surface area contributed by atoms with Crippen molar-refractivity contribution in [3.63, 3.8) is 0 Å². The zero-order chi connectivity index (χ0) is 15.6. The number of aromatic nitrogens is 1. The Hall–Kier alpha value is -2.12. The molecule has 0 radical (unpaired) electrons. The van der Waals surface area contributed by atoms with Crippen LogP contribution in [0.1, 0.15) is 10.5 Å². The van der Waals surface area contributed by atoms with Crippen molar-refractivity contribution in [2.75, 3.05) is 11.6 Å². The summed E-state index contributed by atoms with van der Waals surface area (Å²) in [6.45, 7) is 0. The zero-order valence-corrected chi connectivity index (χ0v) is 12.5. The summed E-state index contributed by atoms with van der Waals surface area (Å²) in [6, 6.07) is 8.11. The maximum Gasteiger partial charge on any atom is 0.272 e. The van der Waals surface area contributed by atoms with Crippen molar-refractivity contribution in [1.82, 2.24) is 4.98 Å². The lowest BCUT2D eigenvalue weighted by Crippen LogP contribution is -2.18. The van der Waals surface area contributed by atoms with Crippen LogP contribution < -0.4 is 10.9 Å². The van der Waals surface area contributed by atoms with Gasteiger partial charge in [0.15, 0.2) is 9.84 Å². The highest BCUT2D eigenvalue weighted by atomic mass is 35.5. The first kappa shape index (κ1) is 15.3. The number of pyridine rings is 1. The first-order chi connectivity index (χ1) is 9.77. The van der Waals surface area contributed by atoms with Gasteiger partial charge >= 0.3 is 0 Å². The molecule has 2 N–H and O–H groups in total. The standard InChI is InChI=1S/C13H11ClN2O4S/c1-21(19,20)8-5-6-9(14)11(7-8)16-13(18)10-3-2-4-12(17)15-10/h2-7H,1H3,(H,15,17)(H,16,18). The van der Waals surface area contributed by atoms with Crippen molar-refractivity contribution in [1.29, 1.82) is 0 Å². The molecule has 8 heteroatoms. The van der Waals surface area contributed by atoms with Crippen LogP contribution in [0.2, 0.25) is 5.02 Å². The predicted octanol–water partition coefficient (Wildman–Crippen LogP) is 1.68. The molecule has 110 valence electrons. The first-order valence-corrected chi connectivity index (χ1v) is 8.04. The Morgan fingerprint density at radius 1 is 1.24 bits per heavy atom. The third-order valence-electron chi connectivity index (χ3n) is 2.63. The fourth-order valence-corrected chi connectivity index (χ4v) is 2.41. The van der Waals surface area contributed by atoms with E-state index in [2.05, 4.69) is 10.3 Å². The summed E-state index contributed by atoms with van der Waals surface area (Å²) in [6.07, 6.45) is 1.05. The summed E-state index contributed by atoms with van der Waals surface area (Å²) in [7, 11) is -3.42. The molecule has 0 aliphatic carbocycles. The fraction of sp³-hybridized carbons (Fsp3) is 0.0769. The number of halogens is 1. The van der Waals surface area contributed by atoms with Gasteiger partial charge in [0.25, 0.3) is 5.91 Å². The number of hydrogen-bond acceptors (Lipinski definition) is 4. The second kappa shape index (κ2) is 5.71. The van der Waals surface area contributed by atoms with E-state index >= 15 is 0 Å². The molecule has 1 aromatic heterocycles. The lowest BCUT2D eigenvalue weighted by Gasteiger charge is -2.08. The smallest absolute Gasteiger partial charge is 0.272 e. The molecule has 0 saturated carbocycles. The Morgan fingerprint density at radius 2 is 1.95 bits per heavy atom. The minimum absolute atomic E-state index is 0.0313. The minimum Gasteiger partial charge on any atom is -0.319 e. The predicted molar refractivity (Wildman–Crippen MR) is 79.6 cm³/mol. The Morgan fingerprint density at radius 3 is 2.57 bits per heavy atom. The maximum atomic E-state index is 12.0. The van der Waals surface area contributed by atoms with Crippen molar-refractivity contribution in [3.8, 4) is 0 Å². The lowest BCUT2D eigenvalue weighted by atomic mass is 10.3. The number of amides is 1. The summed E-state index contributed by atoms with van der Waals surface area (Å²) in [4.78, 5) is 25.5. The highest BCUT2D eigenvalue weighted by molar-refractivity contribution is 7.90. The van der Waals surface area contributed by atoms with Crippen molar-refractivity contribution in [2.45, 2.75) is 4.90 Å². The Kier molecular flexibility index (Phi) is 4.15. The van der Waals surface area contributed by atoms with Gasteiger partial charge in [-0.3, -0.25) is 9.59 Å². The van der Waals surface area contributed by atoms with E-state index in [4.69, 9.17) is 11.6 Å². The van der Waals surface area contributed by atoms with E-state index in [1.807, 2.05) is 0 Å². The zero-order valence-electron chi connectivity index (χ0n) is 10.9. The van der Waals surface area contributed by atoms with Crippen LogP contribution in [0, 0.1) is 0 Å². The normalized spacial score (nSPS) is 11.1. The van der Waals surface area contributed by atoms with E-state index < -0.39 is 21.3 Å². The van der Waals surface area contributed by atoms with Gasteiger partial charge in [-0.25, -0.2) is 8.42 Å². The van der Waals surface area contributed by atoms with Crippen molar-refractivity contribution >= 4 is 33.0 Å². The van der Waals surface area contributed by atoms with E-state index in [0.717, 1.165) is 6.26 Å². The van der Waals surface area contributed by atoms with Crippen molar-refractivity contribution < 1.29 is 13.2 Å². The van der Waals surface area contributed by atoms with Gasteiger partial charge in [0.1, 0.15) is 5.69 Å². The summed E-state index contributed by atoms with van der Waals surface area (Å²) in [5.74, 6) is -0.597. The number of carbonyl (C=O) groups is 1. The number of hydrogen-bond donors (Lipinski definition) is 2. The molecule has 0 atom stereocenters. The van der Waals surface area contributed by atoms with Crippen LogP contribution in [0.15, 0.2) is 46.1 Å². The molecule has 0 aliphatic heterocycles. The largest absolute Gasteiger partial charge is 0.319 e. The number of nitrogens with one attached hydrogen (secondary N) is 2. The first-order valence-electron chi connectivity index (χ1n) is 5.77. The number of anilines is 1. The summed E-state index contributed by atoms with van der Waals surface area (Å²) < 4.78 is 23.0. The van der Waals surface area contributed by atoms with E-state index in [1.54, 1.807) is 0 Å². The summed E-state index contributed by atoms with van der Waals surface area (Å²) in [5, 5.41) is 2.65. The van der Waals surface area contributed by atoms with Crippen LogP contribution in [0.4, 0.5) is 5.69 Å². The monoisotopic (exact) mass is 326 g/mol. The molecular formula is C13H11ClN2O4S. The number of rotatable bonds is 3. The molecule has 0 aliphatic rings. The number of aromatic amines is 1. The van der Waals surface area contributed by atoms with E-state index in [1.165, 1.54) is 36.4 Å². The van der Waals surface area contributed by atoms with E-state index in [-0.39, 0.29) is 21.3 Å². The number of carbonyl (C=O) groups excluding carboxylic acids is 1. The average molecular weight is 327 g/mol. The molecule has 0 fully saturated rings. The van der Waals surface area contributed by atoms with Crippen LogP contribution in [-0.2, 0) is 9.84 Å². The van der Waals surface area contributed by atoms with Crippen molar-refractivity contribution in [2.24, 2.45) is 0 Å². The molecule has 21 heavy (non-hydrogen) atoms. The minimum atomic E-state index is -3.42. The topological polar surface area (TPSA) is 96.1 Å². The number of H-pyrrole nitrogens is 1. The summed E-state index contributed by atoms with van der Waals surface area (Å²) >= 11 is 5.93. The lowest BCUT2D eigenvalue weighted by molar-refractivity contribution is 0.102. The van der Waals surface area contributed by atoms with Crippen LogP contribution >= 0.6 is 11.6 Å². The highest BCUT2D eigenvalue weighted by Gasteiger charge is 2.13. The molecule has 1 heterocycles. The third kappa shape index (κ3) is 3.71. The van der Waals surface area contributed by atoms with Crippen LogP contribution in [0.25, 0.3) is 0 Å². The van der Waals surface area contributed by atoms with Crippen molar-refractivity contribution in [3.05, 3.63) is 57.5 Å². The third-order valence-corrected chi connectivity index (χ3v) is 4.07. The fourth-order valence-electron chi connectivity index (χ4n) is 1.60. The molecule has 0 bridgehead atoms. The maximum absolute atomic E-state index is 12.0. The van der Waals surface area contributed by atoms with Gasteiger partial charge in [0, 0.05) is 12.3 Å². The van der Waals surface area contributed by atoms with Gasteiger partial charge in [-0.05, 0) is 24.3 Å². The molecule has 0 unspecified atom stereocenters. The van der Waals surface area contributed by atoms with Gasteiger partial charge in [-0.1, -0.05) is 17.7 Å². The molecule has 1 aromatic carbocycles. The average Bonchev–Trinajstić information content (AvgIpc) is 2.40. The van der Waals surface area contributed by atoms with Gasteiger partial charge in [-0.15, -0.1) is 0 Å². The quantitative estimate of drug-likeness (QED) is 0.897. The molecule has 1 amide bonds. The molecule has 6 nitrogen and oxygen atoms in total. The molecule has 2 rings (SSSR count). The number of benzene rings is 1. The molecule has 2 aromatic rings. The SMILES string of the molecule is CS(=O)(=O)c1ccc(Cl)c(NC(=O)c2cccc(=O)[nH]2)c1. The Balaban J connectivity index is 2.35. The van der Waals surface area contributed by atoms with Crippen LogP contribution in [0.5, 0.6) is 0 Å². The van der Waals surface area contributed by atoms with Gasteiger partial charge in [0.05, 0.1) is 15.6 Å². The van der Waals surface area contributed by atoms with Gasteiger partial charge in [-0.2, -0.15) is 0 Å². The van der Waals surface area contributed by atoms with Crippen LogP contribution in [0.3, 0.4) is 0 Å².